The van der Waals surface area contributed by atoms with Crippen LogP contribution in [0.25, 0.3) is 0 Å². The van der Waals surface area contributed by atoms with E-state index in [0.717, 1.165) is 5.56 Å². The highest BCUT2D eigenvalue weighted by molar-refractivity contribution is 7.89. The zero-order valence-corrected chi connectivity index (χ0v) is 13.2. The number of hydrogen-bond acceptors (Lipinski definition) is 3. The molecular weight excluding hydrogens is 303 g/mol. The average molecular weight is 320 g/mol. The lowest BCUT2D eigenvalue weighted by Crippen LogP contribution is -2.13. The first-order valence-corrected chi connectivity index (χ1v) is 8.33. The molecule has 116 valence electrons. The van der Waals surface area contributed by atoms with E-state index in [1.54, 1.807) is 30.3 Å². The molecule has 0 saturated carbocycles. The molecule has 0 aromatic heterocycles. The van der Waals surface area contributed by atoms with Gasteiger partial charge >= 0.3 is 0 Å². The molecule has 0 atom stereocenters. The predicted molar refractivity (Wildman–Crippen MR) is 85.4 cm³/mol. The molecule has 0 bridgehead atoms. The normalized spacial score (nSPS) is 12.5. The molecule has 0 heterocycles. The maximum Gasteiger partial charge on any atom is 0.240 e. The third-order valence-electron chi connectivity index (χ3n) is 3.20. The maximum atomic E-state index is 13.9. The summed E-state index contributed by atoms with van der Waals surface area (Å²) in [4.78, 5) is 4.28. The second-order valence-corrected chi connectivity index (χ2v) is 6.44. The van der Waals surface area contributed by atoms with E-state index in [1.807, 2.05) is 13.8 Å². The summed E-state index contributed by atoms with van der Waals surface area (Å²) in [6, 6.07) is 10.9. The minimum absolute atomic E-state index is 0.0691. The van der Waals surface area contributed by atoms with Crippen molar-refractivity contribution in [1.29, 1.82) is 0 Å². The van der Waals surface area contributed by atoms with Gasteiger partial charge in [-0.1, -0.05) is 31.2 Å². The van der Waals surface area contributed by atoms with E-state index in [4.69, 9.17) is 5.14 Å². The van der Waals surface area contributed by atoms with Gasteiger partial charge in [0.15, 0.2) is 0 Å². The molecule has 0 aliphatic carbocycles. The van der Waals surface area contributed by atoms with E-state index in [-0.39, 0.29) is 10.6 Å². The predicted octanol–water partition coefficient (Wildman–Crippen LogP) is 3.31. The van der Waals surface area contributed by atoms with Crippen LogP contribution in [0.4, 0.5) is 10.1 Å². The lowest BCUT2D eigenvalue weighted by molar-refractivity contribution is 0.598. The fourth-order valence-electron chi connectivity index (χ4n) is 2.13. The Morgan fingerprint density at radius 1 is 1.23 bits per heavy atom. The fraction of sp³-hybridized carbons (Fsp3) is 0.188. The number of benzene rings is 2. The van der Waals surface area contributed by atoms with Crippen LogP contribution in [-0.4, -0.2) is 14.1 Å². The summed E-state index contributed by atoms with van der Waals surface area (Å²) in [6.45, 7) is 3.65. The Hall–Kier alpha value is -2.05. The summed E-state index contributed by atoms with van der Waals surface area (Å²) >= 11 is 0. The molecule has 0 fully saturated rings. The van der Waals surface area contributed by atoms with Crippen LogP contribution in [0.3, 0.4) is 0 Å². The van der Waals surface area contributed by atoms with E-state index in [2.05, 4.69) is 4.99 Å². The molecule has 0 radical (unpaired) electrons. The molecule has 0 amide bonds. The van der Waals surface area contributed by atoms with Gasteiger partial charge in [0, 0.05) is 5.56 Å². The molecule has 0 spiro atoms. The quantitative estimate of drug-likeness (QED) is 0.878. The van der Waals surface area contributed by atoms with Crippen molar-refractivity contribution in [2.24, 2.45) is 10.1 Å². The van der Waals surface area contributed by atoms with E-state index in [1.165, 1.54) is 12.1 Å². The van der Waals surface area contributed by atoms with Crippen molar-refractivity contribution in [2.45, 2.75) is 25.2 Å². The van der Waals surface area contributed by atoms with Crippen LogP contribution < -0.4 is 5.14 Å². The lowest BCUT2D eigenvalue weighted by atomic mass is 10.1. The van der Waals surface area contributed by atoms with Crippen LogP contribution in [0.5, 0.6) is 0 Å². The number of primary sulfonamides is 1. The SMILES string of the molecule is CCC(=Nc1cc(C)ccc1S(N)(=O)=O)c1ccccc1F. The van der Waals surface area contributed by atoms with Crippen molar-refractivity contribution in [1.82, 2.24) is 0 Å². The molecule has 6 heteroatoms. The van der Waals surface area contributed by atoms with Crippen molar-refractivity contribution in [3.8, 4) is 0 Å². The number of hydrogen-bond donors (Lipinski definition) is 1. The Balaban J connectivity index is 2.65. The van der Waals surface area contributed by atoms with Crippen LogP contribution in [-0.2, 0) is 10.0 Å². The topological polar surface area (TPSA) is 72.5 Å². The summed E-state index contributed by atoms with van der Waals surface area (Å²) in [6.07, 6.45) is 0.457. The molecule has 0 aliphatic rings. The van der Waals surface area contributed by atoms with Gasteiger partial charge in [0.05, 0.1) is 11.4 Å². The first-order chi connectivity index (χ1) is 10.3. The van der Waals surface area contributed by atoms with Crippen LogP contribution in [0.1, 0.15) is 24.5 Å². The zero-order valence-electron chi connectivity index (χ0n) is 12.4. The average Bonchev–Trinajstić information content (AvgIpc) is 2.44. The number of sulfonamides is 1. The van der Waals surface area contributed by atoms with Crippen LogP contribution in [0.15, 0.2) is 52.4 Å². The minimum Gasteiger partial charge on any atom is -0.251 e. The Labute approximate surface area is 129 Å². The van der Waals surface area contributed by atoms with Gasteiger partial charge in [0.25, 0.3) is 0 Å². The Morgan fingerprint density at radius 2 is 1.91 bits per heavy atom. The van der Waals surface area contributed by atoms with Gasteiger partial charge in [-0.05, 0) is 37.1 Å². The van der Waals surface area contributed by atoms with Crippen molar-refractivity contribution < 1.29 is 12.8 Å². The van der Waals surface area contributed by atoms with Gasteiger partial charge in [0.1, 0.15) is 10.7 Å². The molecule has 0 aliphatic heterocycles. The molecular formula is C16H17FN2O2S. The Morgan fingerprint density at radius 3 is 2.50 bits per heavy atom. The minimum atomic E-state index is -3.90. The monoisotopic (exact) mass is 320 g/mol. The first-order valence-electron chi connectivity index (χ1n) is 6.79. The molecule has 2 rings (SSSR count). The third-order valence-corrected chi connectivity index (χ3v) is 4.15. The largest absolute Gasteiger partial charge is 0.251 e. The summed E-state index contributed by atoms with van der Waals surface area (Å²) in [5, 5.41) is 5.22. The van der Waals surface area contributed by atoms with Crippen LogP contribution in [0, 0.1) is 12.7 Å². The maximum absolute atomic E-state index is 13.9. The van der Waals surface area contributed by atoms with Crippen molar-refractivity contribution >= 4 is 21.4 Å². The van der Waals surface area contributed by atoms with Crippen molar-refractivity contribution in [2.75, 3.05) is 0 Å². The molecule has 22 heavy (non-hydrogen) atoms. The van der Waals surface area contributed by atoms with E-state index < -0.39 is 15.8 Å². The molecule has 0 unspecified atom stereocenters. The van der Waals surface area contributed by atoms with Gasteiger partial charge in [-0.15, -0.1) is 0 Å². The highest BCUT2D eigenvalue weighted by Crippen LogP contribution is 2.26. The Bertz CT molecular complexity index is 830. The molecule has 0 saturated heterocycles. The number of nitrogens with two attached hydrogens (primary N) is 1. The lowest BCUT2D eigenvalue weighted by Gasteiger charge is -2.09. The van der Waals surface area contributed by atoms with Gasteiger partial charge < -0.3 is 0 Å². The summed E-state index contributed by atoms with van der Waals surface area (Å²) < 4.78 is 37.3. The molecule has 2 aromatic rings. The second-order valence-electron chi connectivity index (χ2n) is 4.91. The van der Waals surface area contributed by atoms with E-state index in [9.17, 15) is 12.8 Å². The molecule has 2 N–H and O–H groups in total. The first kappa shape index (κ1) is 16.3. The van der Waals surface area contributed by atoms with E-state index >= 15 is 0 Å². The number of nitrogens with zero attached hydrogens (tertiary/aromatic N) is 1. The van der Waals surface area contributed by atoms with Crippen molar-refractivity contribution in [3.63, 3.8) is 0 Å². The summed E-state index contributed by atoms with van der Waals surface area (Å²) in [5.74, 6) is -0.395. The van der Waals surface area contributed by atoms with Gasteiger partial charge in [-0.3, -0.25) is 4.99 Å². The fourth-order valence-corrected chi connectivity index (χ4v) is 2.78. The van der Waals surface area contributed by atoms with Gasteiger partial charge in [0.2, 0.25) is 10.0 Å². The molecule has 4 nitrogen and oxygen atoms in total. The zero-order chi connectivity index (χ0) is 16.3. The van der Waals surface area contributed by atoms with E-state index in [0.29, 0.717) is 17.7 Å². The van der Waals surface area contributed by atoms with Crippen LogP contribution in [0.2, 0.25) is 0 Å². The standard InChI is InChI=1S/C16H17FN2O2S/c1-3-14(12-6-4-5-7-13(12)17)19-15-10-11(2)8-9-16(15)22(18,20)21/h4-10H,3H2,1-2H3,(H2,18,20,21). The van der Waals surface area contributed by atoms with Crippen molar-refractivity contribution in [3.05, 3.63) is 59.4 Å². The third kappa shape index (κ3) is 3.58. The summed E-state index contributed by atoms with van der Waals surface area (Å²) in [5.41, 5.74) is 1.89. The number of rotatable bonds is 4. The van der Waals surface area contributed by atoms with Gasteiger partial charge in [-0.2, -0.15) is 0 Å². The van der Waals surface area contributed by atoms with Crippen LogP contribution >= 0.6 is 0 Å². The smallest absolute Gasteiger partial charge is 0.240 e. The second kappa shape index (κ2) is 6.37. The summed E-state index contributed by atoms with van der Waals surface area (Å²) in [7, 11) is -3.90. The number of aryl methyl sites for hydroxylation is 1. The highest BCUT2D eigenvalue weighted by atomic mass is 32.2. The molecule has 2 aromatic carbocycles. The highest BCUT2D eigenvalue weighted by Gasteiger charge is 2.15. The number of aliphatic imine (C=N–C) groups is 1. The Kier molecular flexibility index (Phi) is 4.73. The number of halogens is 1. The van der Waals surface area contributed by atoms with Gasteiger partial charge in [-0.25, -0.2) is 17.9 Å².